The second-order valence-electron chi connectivity index (χ2n) is 5.93. The monoisotopic (exact) mass is 430 g/mol. The maximum atomic E-state index is 12.2. The van der Waals surface area contributed by atoms with Crippen LogP contribution in [0.25, 0.3) is 0 Å². The molecule has 0 atom stereocenters. The Hall–Kier alpha value is -3.00. The Morgan fingerprint density at radius 3 is 2.30 bits per heavy atom. The van der Waals surface area contributed by atoms with E-state index in [9.17, 15) is 19.2 Å². The van der Waals surface area contributed by atoms with E-state index in [1.54, 1.807) is 18.2 Å². The molecule has 1 aliphatic heterocycles. The lowest BCUT2D eigenvalue weighted by Crippen LogP contribution is -2.36. The summed E-state index contributed by atoms with van der Waals surface area (Å²) >= 11 is 3.34. The number of benzene rings is 2. The Morgan fingerprint density at radius 1 is 1.07 bits per heavy atom. The van der Waals surface area contributed by atoms with Crippen LogP contribution in [0.1, 0.15) is 26.3 Å². The van der Waals surface area contributed by atoms with E-state index in [4.69, 9.17) is 4.74 Å². The van der Waals surface area contributed by atoms with Crippen LogP contribution in [0.2, 0.25) is 0 Å². The van der Waals surface area contributed by atoms with Crippen LogP contribution in [0.5, 0.6) is 0 Å². The second kappa shape index (κ2) is 7.71. The fraction of sp³-hybridized carbons (Fsp3) is 0.158. The van der Waals surface area contributed by atoms with Crippen molar-refractivity contribution in [1.29, 1.82) is 0 Å². The van der Waals surface area contributed by atoms with Crippen molar-refractivity contribution >= 4 is 45.3 Å². The summed E-state index contributed by atoms with van der Waals surface area (Å²) < 4.78 is 5.59. The van der Waals surface area contributed by atoms with Crippen molar-refractivity contribution in [3.63, 3.8) is 0 Å². The summed E-state index contributed by atoms with van der Waals surface area (Å²) in [6, 6.07) is 11.7. The molecule has 0 aliphatic carbocycles. The number of carbonyl (C=O) groups excluding carboxylic acids is 4. The molecule has 1 N–H and O–H groups in total. The van der Waals surface area contributed by atoms with E-state index in [0.29, 0.717) is 10.2 Å². The zero-order chi connectivity index (χ0) is 19.6. The standard InChI is InChI=1S/C19H15BrN2O5/c1-11-6-7-15(14(20)8-11)21-16(23)10-27-17(24)9-22-18(25)12-4-2-3-5-13(12)19(22)26/h2-8H,9-10H2,1H3,(H,21,23). The molecule has 0 aromatic heterocycles. The number of hydrogen-bond acceptors (Lipinski definition) is 5. The number of amides is 3. The van der Waals surface area contributed by atoms with Crippen molar-refractivity contribution in [3.8, 4) is 0 Å². The lowest BCUT2D eigenvalue weighted by molar-refractivity contribution is -0.147. The smallest absolute Gasteiger partial charge is 0.326 e. The van der Waals surface area contributed by atoms with E-state index < -0.39 is 36.8 Å². The van der Waals surface area contributed by atoms with Gasteiger partial charge in [-0.25, -0.2) is 0 Å². The maximum Gasteiger partial charge on any atom is 0.326 e. The third-order valence-electron chi connectivity index (χ3n) is 3.93. The van der Waals surface area contributed by atoms with Gasteiger partial charge in [0.1, 0.15) is 6.54 Å². The molecule has 0 bridgehead atoms. The molecule has 0 spiro atoms. The molecule has 0 saturated carbocycles. The number of halogens is 1. The molecule has 0 fully saturated rings. The summed E-state index contributed by atoms with van der Waals surface area (Å²) in [4.78, 5) is 49.1. The van der Waals surface area contributed by atoms with Crippen LogP contribution in [0.3, 0.4) is 0 Å². The number of fused-ring (bicyclic) bond motifs is 1. The number of rotatable bonds is 5. The van der Waals surface area contributed by atoms with Gasteiger partial charge in [0.15, 0.2) is 6.61 Å². The van der Waals surface area contributed by atoms with E-state index in [2.05, 4.69) is 21.2 Å². The van der Waals surface area contributed by atoms with Gasteiger partial charge >= 0.3 is 5.97 Å². The van der Waals surface area contributed by atoms with E-state index in [1.807, 2.05) is 19.1 Å². The van der Waals surface area contributed by atoms with Gasteiger partial charge in [0.05, 0.1) is 16.8 Å². The molecule has 27 heavy (non-hydrogen) atoms. The molecule has 2 aromatic rings. The number of nitrogens with zero attached hydrogens (tertiary/aromatic N) is 1. The highest BCUT2D eigenvalue weighted by molar-refractivity contribution is 9.10. The van der Waals surface area contributed by atoms with Gasteiger partial charge in [-0.05, 0) is 52.7 Å². The van der Waals surface area contributed by atoms with Crippen LogP contribution >= 0.6 is 15.9 Å². The zero-order valence-corrected chi connectivity index (χ0v) is 15.9. The summed E-state index contributed by atoms with van der Waals surface area (Å²) in [7, 11) is 0. The minimum atomic E-state index is -0.845. The Balaban J connectivity index is 1.54. The first kappa shape index (κ1) is 18.8. The molecule has 8 heteroatoms. The molecule has 138 valence electrons. The zero-order valence-electron chi connectivity index (χ0n) is 14.3. The molecule has 1 heterocycles. The van der Waals surface area contributed by atoms with Crippen LogP contribution in [0.4, 0.5) is 5.69 Å². The predicted molar refractivity (Wildman–Crippen MR) is 100 cm³/mol. The molecule has 3 amide bonds. The first-order chi connectivity index (χ1) is 12.9. The summed E-state index contributed by atoms with van der Waals surface area (Å²) in [5, 5.41) is 2.61. The largest absolute Gasteiger partial charge is 0.454 e. The summed E-state index contributed by atoms with van der Waals surface area (Å²) in [6.45, 7) is 0.841. The fourth-order valence-electron chi connectivity index (χ4n) is 2.61. The average Bonchev–Trinajstić information content (AvgIpc) is 2.88. The van der Waals surface area contributed by atoms with Crippen LogP contribution < -0.4 is 5.32 Å². The average molecular weight is 431 g/mol. The van der Waals surface area contributed by atoms with Gasteiger partial charge in [0.2, 0.25) is 0 Å². The van der Waals surface area contributed by atoms with Crippen LogP contribution in [-0.4, -0.2) is 41.7 Å². The van der Waals surface area contributed by atoms with Gasteiger partial charge < -0.3 is 10.1 Å². The van der Waals surface area contributed by atoms with Crippen molar-refractivity contribution < 1.29 is 23.9 Å². The Bertz CT molecular complexity index is 922. The Kier molecular flexibility index (Phi) is 5.36. The molecule has 3 rings (SSSR count). The SMILES string of the molecule is Cc1ccc(NC(=O)COC(=O)CN2C(=O)c3ccccc3C2=O)c(Br)c1. The predicted octanol–water partition coefficient (Wildman–Crippen LogP) is 2.54. The Labute approximate surface area is 163 Å². The number of ether oxygens (including phenoxy) is 1. The van der Waals surface area contributed by atoms with Gasteiger partial charge in [0.25, 0.3) is 17.7 Å². The van der Waals surface area contributed by atoms with E-state index in [-0.39, 0.29) is 11.1 Å². The van der Waals surface area contributed by atoms with Gasteiger partial charge in [0, 0.05) is 4.47 Å². The van der Waals surface area contributed by atoms with Crippen LogP contribution in [0.15, 0.2) is 46.9 Å². The molecule has 1 aliphatic rings. The van der Waals surface area contributed by atoms with Gasteiger partial charge in [-0.1, -0.05) is 18.2 Å². The number of carbonyl (C=O) groups is 4. The number of hydrogen-bond donors (Lipinski definition) is 1. The highest BCUT2D eigenvalue weighted by Gasteiger charge is 2.36. The van der Waals surface area contributed by atoms with E-state index >= 15 is 0 Å². The third kappa shape index (κ3) is 4.06. The van der Waals surface area contributed by atoms with Crippen molar-refractivity contribution in [2.45, 2.75) is 6.92 Å². The van der Waals surface area contributed by atoms with Gasteiger partial charge in [-0.2, -0.15) is 0 Å². The maximum absolute atomic E-state index is 12.2. The minimum absolute atomic E-state index is 0.247. The van der Waals surface area contributed by atoms with Crippen molar-refractivity contribution in [3.05, 3.63) is 63.6 Å². The fourth-order valence-corrected chi connectivity index (χ4v) is 3.20. The second-order valence-corrected chi connectivity index (χ2v) is 6.79. The summed E-state index contributed by atoms with van der Waals surface area (Å²) in [5.74, 6) is -2.49. The van der Waals surface area contributed by atoms with E-state index in [0.717, 1.165) is 10.5 Å². The Morgan fingerprint density at radius 2 is 1.70 bits per heavy atom. The van der Waals surface area contributed by atoms with Crippen LogP contribution in [-0.2, 0) is 14.3 Å². The minimum Gasteiger partial charge on any atom is -0.454 e. The molecule has 7 nitrogen and oxygen atoms in total. The number of imide groups is 1. The quantitative estimate of drug-likeness (QED) is 0.580. The molecule has 0 saturated heterocycles. The first-order valence-electron chi connectivity index (χ1n) is 8.03. The number of anilines is 1. The molecule has 2 aromatic carbocycles. The topological polar surface area (TPSA) is 92.8 Å². The number of esters is 1. The highest BCUT2D eigenvalue weighted by atomic mass is 79.9. The van der Waals surface area contributed by atoms with E-state index in [1.165, 1.54) is 12.1 Å². The molecular weight excluding hydrogens is 416 g/mol. The molecular formula is C19H15BrN2O5. The van der Waals surface area contributed by atoms with Gasteiger partial charge in [-0.3, -0.25) is 24.1 Å². The first-order valence-corrected chi connectivity index (χ1v) is 8.83. The van der Waals surface area contributed by atoms with Crippen LogP contribution in [0, 0.1) is 6.92 Å². The van der Waals surface area contributed by atoms with Crippen molar-refractivity contribution in [1.82, 2.24) is 4.90 Å². The van der Waals surface area contributed by atoms with Crippen molar-refractivity contribution in [2.24, 2.45) is 0 Å². The number of nitrogens with one attached hydrogen (secondary N) is 1. The molecule has 0 radical (unpaired) electrons. The summed E-state index contributed by atoms with van der Waals surface area (Å²) in [6.07, 6.45) is 0. The lowest BCUT2D eigenvalue weighted by atomic mass is 10.1. The third-order valence-corrected chi connectivity index (χ3v) is 4.58. The van der Waals surface area contributed by atoms with Crippen molar-refractivity contribution in [2.75, 3.05) is 18.5 Å². The summed E-state index contributed by atoms with van der Waals surface area (Å²) in [5.41, 5.74) is 2.06. The number of aryl methyl sites for hydroxylation is 1. The lowest BCUT2D eigenvalue weighted by Gasteiger charge is -2.13. The normalized spacial score (nSPS) is 12.7. The van der Waals surface area contributed by atoms with Gasteiger partial charge in [-0.15, -0.1) is 0 Å². The molecule has 0 unspecified atom stereocenters. The highest BCUT2D eigenvalue weighted by Crippen LogP contribution is 2.23.